The zero-order valence-corrected chi connectivity index (χ0v) is 13.8. The minimum atomic E-state index is -0.332. The SMILES string of the molecule is CCCCCc1nnc(NC(=O)COc2ccccc2C=O)s1. The number of nitrogens with zero attached hydrogens (tertiary/aromatic N) is 2. The summed E-state index contributed by atoms with van der Waals surface area (Å²) in [4.78, 5) is 22.7. The molecule has 2 rings (SSSR count). The van der Waals surface area contributed by atoms with Gasteiger partial charge in [0, 0.05) is 6.42 Å². The molecule has 1 amide bonds. The number of benzene rings is 1. The summed E-state index contributed by atoms with van der Waals surface area (Å²) in [6.45, 7) is 1.96. The molecule has 2 aromatic rings. The largest absolute Gasteiger partial charge is 0.483 e. The Hall–Kier alpha value is -2.28. The van der Waals surface area contributed by atoms with E-state index in [2.05, 4.69) is 22.4 Å². The van der Waals surface area contributed by atoms with Crippen molar-refractivity contribution in [3.8, 4) is 5.75 Å². The highest BCUT2D eigenvalue weighted by molar-refractivity contribution is 7.15. The number of aromatic nitrogens is 2. The quantitative estimate of drug-likeness (QED) is 0.563. The first-order chi connectivity index (χ1) is 11.2. The summed E-state index contributed by atoms with van der Waals surface area (Å²) in [5, 5.41) is 12.0. The monoisotopic (exact) mass is 333 g/mol. The summed E-state index contributed by atoms with van der Waals surface area (Å²) in [6.07, 6.45) is 4.96. The Labute approximate surface area is 138 Å². The Kier molecular flexibility index (Phi) is 6.68. The highest BCUT2D eigenvalue weighted by atomic mass is 32.1. The van der Waals surface area contributed by atoms with E-state index in [1.54, 1.807) is 24.3 Å². The third-order valence-corrected chi connectivity index (χ3v) is 4.01. The first-order valence-corrected chi connectivity index (χ1v) is 8.33. The molecule has 0 atom stereocenters. The van der Waals surface area contributed by atoms with E-state index in [9.17, 15) is 9.59 Å². The molecule has 0 saturated carbocycles. The number of anilines is 1. The van der Waals surface area contributed by atoms with Crippen LogP contribution in [0.3, 0.4) is 0 Å². The molecule has 23 heavy (non-hydrogen) atoms. The Morgan fingerprint density at radius 2 is 2.13 bits per heavy atom. The van der Waals surface area contributed by atoms with E-state index in [0.717, 1.165) is 30.7 Å². The highest BCUT2D eigenvalue weighted by Crippen LogP contribution is 2.18. The molecule has 6 nitrogen and oxygen atoms in total. The summed E-state index contributed by atoms with van der Waals surface area (Å²) < 4.78 is 5.36. The standard InChI is InChI=1S/C16H19N3O3S/c1-2-3-4-9-15-18-19-16(23-15)17-14(21)11-22-13-8-6-5-7-12(13)10-20/h5-8,10H,2-4,9,11H2,1H3,(H,17,19,21). The van der Waals surface area contributed by atoms with Crippen molar-refractivity contribution in [2.45, 2.75) is 32.6 Å². The Morgan fingerprint density at radius 1 is 1.30 bits per heavy atom. The summed E-state index contributed by atoms with van der Waals surface area (Å²) in [7, 11) is 0. The molecule has 1 N–H and O–H groups in total. The first kappa shape index (κ1) is 17.1. The lowest BCUT2D eigenvalue weighted by molar-refractivity contribution is -0.118. The van der Waals surface area contributed by atoms with Gasteiger partial charge in [-0.25, -0.2) is 0 Å². The summed E-state index contributed by atoms with van der Waals surface area (Å²) in [6, 6.07) is 6.76. The number of hydrogen-bond acceptors (Lipinski definition) is 6. The summed E-state index contributed by atoms with van der Waals surface area (Å²) in [5.41, 5.74) is 0.412. The number of carbonyl (C=O) groups is 2. The fourth-order valence-corrected chi connectivity index (χ4v) is 2.74. The molecular weight excluding hydrogens is 314 g/mol. The van der Waals surface area contributed by atoms with Crippen LogP contribution in [0, 0.1) is 0 Å². The van der Waals surface area contributed by atoms with Crippen LogP contribution in [-0.2, 0) is 11.2 Å². The van der Waals surface area contributed by atoms with Crippen LogP contribution in [0.15, 0.2) is 24.3 Å². The third-order valence-electron chi connectivity index (χ3n) is 3.11. The van der Waals surface area contributed by atoms with Gasteiger partial charge in [-0.1, -0.05) is 43.2 Å². The maximum atomic E-state index is 11.9. The first-order valence-electron chi connectivity index (χ1n) is 7.52. The number of para-hydroxylation sites is 1. The molecule has 1 aromatic heterocycles. The van der Waals surface area contributed by atoms with Gasteiger partial charge in [0.15, 0.2) is 12.9 Å². The van der Waals surface area contributed by atoms with Crippen molar-refractivity contribution in [1.82, 2.24) is 10.2 Å². The van der Waals surface area contributed by atoms with Crippen LogP contribution in [0.5, 0.6) is 5.75 Å². The highest BCUT2D eigenvalue weighted by Gasteiger charge is 2.10. The smallest absolute Gasteiger partial charge is 0.264 e. The van der Waals surface area contributed by atoms with Crippen LogP contribution in [0.4, 0.5) is 5.13 Å². The molecule has 0 radical (unpaired) electrons. The Bertz CT molecular complexity index is 658. The molecule has 0 aliphatic heterocycles. The van der Waals surface area contributed by atoms with Gasteiger partial charge < -0.3 is 4.74 Å². The number of nitrogens with one attached hydrogen (secondary N) is 1. The molecule has 1 aromatic carbocycles. The van der Waals surface area contributed by atoms with E-state index in [4.69, 9.17) is 4.74 Å². The molecule has 0 bridgehead atoms. The molecule has 0 saturated heterocycles. The van der Waals surface area contributed by atoms with Gasteiger partial charge in [0.1, 0.15) is 10.8 Å². The average molecular weight is 333 g/mol. The lowest BCUT2D eigenvalue weighted by atomic mass is 10.2. The topological polar surface area (TPSA) is 81.2 Å². The van der Waals surface area contributed by atoms with E-state index in [0.29, 0.717) is 22.7 Å². The van der Waals surface area contributed by atoms with Gasteiger partial charge >= 0.3 is 0 Å². The fraction of sp³-hybridized carbons (Fsp3) is 0.375. The van der Waals surface area contributed by atoms with Gasteiger partial charge in [-0.3, -0.25) is 14.9 Å². The number of unbranched alkanes of at least 4 members (excludes halogenated alkanes) is 2. The lowest BCUT2D eigenvalue weighted by Gasteiger charge is -2.07. The van der Waals surface area contributed by atoms with Crippen molar-refractivity contribution in [1.29, 1.82) is 0 Å². The average Bonchev–Trinajstić information content (AvgIpc) is 3.00. The molecule has 7 heteroatoms. The van der Waals surface area contributed by atoms with Crippen LogP contribution in [-0.4, -0.2) is 29.0 Å². The number of rotatable bonds is 9. The number of aryl methyl sites for hydroxylation is 1. The van der Waals surface area contributed by atoms with Gasteiger partial charge in [0.25, 0.3) is 5.91 Å². The molecule has 0 aliphatic rings. The Balaban J connectivity index is 1.81. The van der Waals surface area contributed by atoms with Crippen molar-refractivity contribution in [2.24, 2.45) is 0 Å². The molecule has 1 heterocycles. The number of hydrogen-bond donors (Lipinski definition) is 1. The van der Waals surface area contributed by atoms with Gasteiger partial charge in [-0.15, -0.1) is 10.2 Å². The zero-order valence-electron chi connectivity index (χ0n) is 12.9. The van der Waals surface area contributed by atoms with Gasteiger partial charge in [0.05, 0.1) is 5.56 Å². The van der Waals surface area contributed by atoms with Crippen LogP contribution >= 0.6 is 11.3 Å². The molecule has 122 valence electrons. The summed E-state index contributed by atoms with van der Waals surface area (Å²) in [5.74, 6) is 0.0529. The fourth-order valence-electron chi connectivity index (χ4n) is 1.94. The van der Waals surface area contributed by atoms with E-state index in [1.807, 2.05) is 0 Å². The van der Waals surface area contributed by atoms with Crippen LogP contribution in [0.25, 0.3) is 0 Å². The molecule has 0 aliphatic carbocycles. The van der Waals surface area contributed by atoms with Crippen molar-refractivity contribution in [3.63, 3.8) is 0 Å². The molecule has 0 unspecified atom stereocenters. The van der Waals surface area contributed by atoms with Crippen molar-refractivity contribution in [2.75, 3.05) is 11.9 Å². The van der Waals surface area contributed by atoms with E-state index < -0.39 is 0 Å². The minimum absolute atomic E-state index is 0.185. The second-order valence-electron chi connectivity index (χ2n) is 4.95. The van der Waals surface area contributed by atoms with Crippen molar-refractivity contribution >= 4 is 28.7 Å². The van der Waals surface area contributed by atoms with Crippen LogP contribution < -0.4 is 10.1 Å². The van der Waals surface area contributed by atoms with Gasteiger partial charge in [-0.2, -0.15) is 0 Å². The van der Waals surface area contributed by atoms with Gasteiger partial charge in [-0.05, 0) is 18.6 Å². The number of amides is 1. The number of aldehydes is 1. The van der Waals surface area contributed by atoms with Crippen molar-refractivity contribution < 1.29 is 14.3 Å². The minimum Gasteiger partial charge on any atom is -0.483 e. The van der Waals surface area contributed by atoms with Crippen LogP contribution in [0.2, 0.25) is 0 Å². The normalized spacial score (nSPS) is 10.3. The predicted octanol–water partition coefficient (Wildman–Crippen LogP) is 3.10. The van der Waals surface area contributed by atoms with Crippen LogP contribution in [0.1, 0.15) is 41.6 Å². The van der Waals surface area contributed by atoms with Crippen molar-refractivity contribution in [3.05, 3.63) is 34.8 Å². The van der Waals surface area contributed by atoms with E-state index in [-0.39, 0.29) is 12.5 Å². The summed E-state index contributed by atoms with van der Waals surface area (Å²) >= 11 is 1.38. The Morgan fingerprint density at radius 3 is 2.91 bits per heavy atom. The van der Waals surface area contributed by atoms with E-state index in [1.165, 1.54) is 11.3 Å². The molecule has 0 fully saturated rings. The predicted molar refractivity (Wildman–Crippen MR) is 89.1 cm³/mol. The molecular formula is C16H19N3O3S. The maximum Gasteiger partial charge on any atom is 0.264 e. The number of carbonyl (C=O) groups excluding carboxylic acids is 2. The second kappa shape index (κ2) is 8.99. The maximum absolute atomic E-state index is 11.9. The molecule has 0 spiro atoms. The third kappa shape index (κ3) is 5.45. The zero-order chi connectivity index (χ0) is 16.5. The second-order valence-corrected chi connectivity index (χ2v) is 6.01. The van der Waals surface area contributed by atoms with Gasteiger partial charge in [0.2, 0.25) is 5.13 Å². The number of ether oxygens (including phenoxy) is 1. The lowest BCUT2D eigenvalue weighted by Crippen LogP contribution is -2.20. The van der Waals surface area contributed by atoms with E-state index >= 15 is 0 Å².